The Balaban J connectivity index is 2.36. The van der Waals surface area contributed by atoms with Crippen molar-refractivity contribution in [3.05, 3.63) is 34.6 Å². The molecule has 0 spiro atoms. The average molecular weight is 235 g/mol. The van der Waals surface area contributed by atoms with Crippen molar-refractivity contribution in [2.75, 3.05) is 19.1 Å². The van der Waals surface area contributed by atoms with E-state index in [1.54, 1.807) is 12.1 Å². The summed E-state index contributed by atoms with van der Waals surface area (Å²) in [6.07, 6.45) is 0. The van der Waals surface area contributed by atoms with Crippen molar-refractivity contribution in [2.45, 2.75) is 5.41 Å². The highest BCUT2D eigenvalue weighted by molar-refractivity contribution is 6.30. The maximum Gasteiger partial charge on any atom is 0.141 e. The van der Waals surface area contributed by atoms with Gasteiger partial charge in [0.15, 0.2) is 0 Å². The van der Waals surface area contributed by atoms with Crippen LogP contribution in [0.4, 0.5) is 4.39 Å². The van der Waals surface area contributed by atoms with E-state index in [4.69, 9.17) is 27.9 Å². The molecule has 0 N–H and O–H groups in total. The van der Waals surface area contributed by atoms with Crippen molar-refractivity contribution >= 4 is 23.2 Å². The highest BCUT2D eigenvalue weighted by Crippen LogP contribution is 2.35. The van der Waals surface area contributed by atoms with E-state index in [0.717, 1.165) is 5.56 Å². The molecular weight excluding hydrogens is 226 g/mol. The molecule has 76 valence electrons. The van der Waals surface area contributed by atoms with Crippen molar-refractivity contribution in [3.63, 3.8) is 0 Å². The molecule has 0 saturated carbocycles. The molecule has 1 saturated heterocycles. The SMILES string of the molecule is Fc1ccc(C2(CCl)COC2)cc1Cl. The van der Waals surface area contributed by atoms with Gasteiger partial charge in [-0.15, -0.1) is 11.6 Å². The Hall–Kier alpha value is -0.310. The number of hydrogen-bond acceptors (Lipinski definition) is 1. The number of benzene rings is 1. The van der Waals surface area contributed by atoms with Crippen LogP contribution in [0.3, 0.4) is 0 Å². The zero-order chi connectivity index (χ0) is 10.2. The second-order valence-electron chi connectivity index (χ2n) is 3.54. The lowest BCUT2D eigenvalue weighted by molar-refractivity contribution is -0.0480. The Morgan fingerprint density at radius 3 is 2.57 bits per heavy atom. The first-order chi connectivity index (χ1) is 6.68. The molecule has 0 bridgehead atoms. The number of hydrogen-bond donors (Lipinski definition) is 0. The van der Waals surface area contributed by atoms with Gasteiger partial charge in [0.05, 0.1) is 23.7 Å². The molecule has 1 fully saturated rings. The first-order valence-corrected chi connectivity index (χ1v) is 5.18. The van der Waals surface area contributed by atoms with Crippen LogP contribution in [0.15, 0.2) is 18.2 Å². The molecule has 0 aromatic heterocycles. The fourth-order valence-corrected chi connectivity index (χ4v) is 1.98. The second kappa shape index (κ2) is 3.69. The van der Waals surface area contributed by atoms with E-state index in [1.807, 2.05) is 0 Å². The quantitative estimate of drug-likeness (QED) is 0.716. The lowest BCUT2D eigenvalue weighted by Gasteiger charge is -2.40. The van der Waals surface area contributed by atoms with Crippen LogP contribution >= 0.6 is 23.2 Å². The fourth-order valence-electron chi connectivity index (χ4n) is 1.50. The molecule has 2 rings (SSSR count). The maximum absolute atomic E-state index is 12.9. The monoisotopic (exact) mass is 234 g/mol. The summed E-state index contributed by atoms with van der Waals surface area (Å²) < 4.78 is 18.0. The van der Waals surface area contributed by atoms with Crippen molar-refractivity contribution in [2.24, 2.45) is 0 Å². The topological polar surface area (TPSA) is 9.23 Å². The van der Waals surface area contributed by atoms with E-state index in [1.165, 1.54) is 6.07 Å². The number of alkyl halides is 1. The van der Waals surface area contributed by atoms with E-state index in [9.17, 15) is 4.39 Å². The van der Waals surface area contributed by atoms with E-state index in [0.29, 0.717) is 19.1 Å². The molecule has 0 aliphatic carbocycles. The third-order valence-corrected chi connectivity index (χ3v) is 3.35. The van der Waals surface area contributed by atoms with Crippen LogP contribution in [0, 0.1) is 5.82 Å². The maximum atomic E-state index is 12.9. The predicted molar refractivity (Wildman–Crippen MR) is 54.6 cm³/mol. The molecule has 4 heteroatoms. The molecule has 0 atom stereocenters. The summed E-state index contributed by atoms with van der Waals surface area (Å²) in [5.41, 5.74) is 0.781. The van der Waals surface area contributed by atoms with Gasteiger partial charge in [0.2, 0.25) is 0 Å². The van der Waals surface area contributed by atoms with Gasteiger partial charge in [0.25, 0.3) is 0 Å². The Labute approximate surface area is 91.8 Å². The molecule has 1 aliphatic rings. The normalized spacial score (nSPS) is 19.1. The summed E-state index contributed by atoms with van der Waals surface area (Å²) >= 11 is 11.6. The Bertz CT molecular complexity index is 344. The lowest BCUT2D eigenvalue weighted by Crippen LogP contribution is -2.48. The summed E-state index contributed by atoms with van der Waals surface area (Å²) in [6.45, 7) is 1.16. The number of ether oxygens (including phenoxy) is 1. The van der Waals surface area contributed by atoms with Crippen LogP contribution in [0.5, 0.6) is 0 Å². The molecule has 1 heterocycles. The minimum Gasteiger partial charge on any atom is -0.379 e. The van der Waals surface area contributed by atoms with Crippen LogP contribution in [0.1, 0.15) is 5.56 Å². The van der Waals surface area contributed by atoms with Crippen molar-refractivity contribution in [1.29, 1.82) is 0 Å². The van der Waals surface area contributed by atoms with Crippen LogP contribution < -0.4 is 0 Å². The fraction of sp³-hybridized carbons (Fsp3) is 0.400. The summed E-state index contributed by atoms with van der Waals surface area (Å²) in [7, 11) is 0. The van der Waals surface area contributed by atoms with Gasteiger partial charge < -0.3 is 4.74 Å². The third kappa shape index (κ3) is 1.52. The van der Waals surface area contributed by atoms with Crippen LogP contribution in [-0.4, -0.2) is 19.1 Å². The summed E-state index contributed by atoms with van der Waals surface area (Å²) in [5, 5.41) is 0.138. The molecule has 1 nitrogen and oxygen atoms in total. The molecule has 0 unspecified atom stereocenters. The van der Waals surface area contributed by atoms with Crippen LogP contribution in [0.2, 0.25) is 5.02 Å². The van der Waals surface area contributed by atoms with Gasteiger partial charge in [-0.25, -0.2) is 4.39 Å². The highest BCUT2D eigenvalue weighted by atomic mass is 35.5. The molecule has 1 aromatic carbocycles. The van der Waals surface area contributed by atoms with Gasteiger partial charge in [-0.3, -0.25) is 0 Å². The minimum atomic E-state index is -0.402. The summed E-state index contributed by atoms with van der Waals surface area (Å²) in [5.74, 6) is 0.0648. The standard InChI is InChI=1S/C10H9Cl2FO/c11-4-10(5-14-6-10)7-1-2-9(13)8(12)3-7/h1-3H,4-6H2. The molecule has 1 aromatic rings. The smallest absolute Gasteiger partial charge is 0.141 e. The number of rotatable bonds is 2. The van der Waals surface area contributed by atoms with Gasteiger partial charge in [0, 0.05) is 5.88 Å². The largest absolute Gasteiger partial charge is 0.379 e. The zero-order valence-electron chi connectivity index (χ0n) is 7.40. The van der Waals surface area contributed by atoms with Crippen LogP contribution in [-0.2, 0) is 10.2 Å². The van der Waals surface area contributed by atoms with Gasteiger partial charge in [-0.05, 0) is 17.7 Å². The third-order valence-electron chi connectivity index (χ3n) is 2.54. The first-order valence-electron chi connectivity index (χ1n) is 4.27. The number of halogens is 3. The van der Waals surface area contributed by atoms with Crippen molar-refractivity contribution in [3.8, 4) is 0 Å². The Morgan fingerprint density at radius 1 is 1.43 bits per heavy atom. The van der Waals surface area contributed by atoms with E-state index >= 15 is 0 Å². The molecule has 0 amide bonds. The minimum absolute atomic E-state index is 0.138. The second-order valence-corrected chi connectivity index (χ2v) is 4.21. The summed E-state index contributed by atoms with van der Waals surface area (Å²) in [6, 6.07) is 4.71. The van der Waals surface area contributed by atoms with Crippen LogP contribution in [0.25, 0.3) is 0 Å². The van der Waals surface area contributed by atoms with E-state index in [2.05, 4.69) is 0 Å². The average Bonchev–Trinajstić information content (AvgIpc) is 2.10. The van der Waals surface area contributed by atoms with Gasteiger partial charge in [-0.2, -0.15) is 0 Å². The molecular formula is C10H9Cl2FO. The summed E-state index contributed by atoms with van der Waals surface area (Å²) in [4.78, 5) is 0. The van der Waals surface area contributed by atoms with Crippen molar-refractivity contribution in [1.82, 2.24) is 0 Å². The molecule has 14 heavy (non-hydrogen) atoms. The van der Waals surface area contributed by atoms with E-state index in [-0.39, 0.29) is 10.4 Å². The van der Waals surface area contributed by atoms with Crippen molar-refractivity contribution < 1.29 is 9.13 Å². The zero-order valence-corrected chi connectivity index (χ0v) is 8.91. The molecule has 0 radical (unpaired) electrons. The Morgan fingerprint density at radius 2 is 2.14 bits per heavy atom. The first kappa shape index (κ1) is 10.2. The van der Waals surface area contributed by atoms with Gasteiger partial charge in [-0.1, -0.05) is 17.7 Å². The van der Waals surface area contributed by atoms with Gasteiger partial charge >= 0.3 is 0 Å². The Kier molecular flexibility index (Phi) is 2.69. The van der Waals surface area contributed by atoms with Gasteiger partial charge in [0.1, 0.15) is 5.82 Å². The lowest BCUT2D eigenvalue weighted by atomic mass is 9.80. The molecule has 1 aliphatic heterocycles. The highest BCUT2D eigenvalue weighted by Gasteiger charge is 2.39. The van der Waals surface area contributed by atoms with E-state index < -0.39 is 5.82 Å². The predicted octanol–water partition coefficient (Wildman–Crippen LogP) is 2.99.